The van der Waals surface area contributed by atoms with E-state index in [9.17, 15) is 4.79 Å². The van der Waals surface area contributed by atoms with Crippen LogP contribution in [0.2, 0.25) is 0 Å². The molecule has 1 aliphatic rings. The molecule has 5 nitrogen and oxygen atoms in total. The van der Waals surface area contributed by atoms with E-state index in [1.165, 1.54) is 0 Å². The number of amides is 1. The Labute approximate surface area is 149 Å². The van der Waals surface area contributed by atoms with Crippen LogP contribution in [0.3, 0.4) is 0 Å². The maximum absolute atomic E-state index is 12.5. The van der Waals surface area contributed by atoms with E-state index in [1.54, 1.807) is 23.7 Å². The van der Waals surface area contributed by atoms with E-state index in [0.717, 1.165) is 34.7 Å². The van der Waals surface area contributed by atoms with Gasteiger partial charge >= 0.3 is 0 Å². The third-order valence-electron chi connectivity index (χ3n) is 4.21. The molecule has 1 atom stereocenters. The highest BCUT2D eigenvalue weighted by Crippen LogP contribution is 2.27. The number of rotatable bonds is 4. The Morgan fingerprint density at radius 3 is 3.00 bits per heavy atom. The van der Waals surface area contributed by atoms with E-state index in [2.05, 4.69) is 15.3 Å². The average Bonchev–Trinajstić information content (AvgIpc) is 3.20. The number of aromatic nitrogens is 2. The number of thiophene rings is 1. The zero-order chi connectivity index (χ0) is 17.1. The topological polar surface area (TPSA) is 64.1 Å². The van der Waals surface area contributed by atoms with Crippen LogP contribution in [-0.2, 0) is 17.8 Å². The molecule has 0 spiro atoms. The van der Waals surface area contributed by atoms with Gasteiger partial charge in [-0.2, -0.15) is 11.3 Å². The smallest absolute Gasteiger partial charge is 0.261 e. The molecule has 0 unspecified atom stereocenters. The predicted molar refractivity (Wildman–Crippen MR) is 96.4 cm³/mol. The van der Waals surface area contributed by atoms with Crippen LogP contribution >= 0.6 is 11.3 Å². The Kier molecular flexibility index (Phi) is 4.43. The SMILES string of the molecule is O=C(NCc1nccnc1-c1ccsc1)[C@H]1CCc2ccccc2O1. The Bertz CT molecular complexity index is 880. The molecule has 0 bridgehead atoms. The number of nitrogens with one attached hydrogen (secondary N) is 1. The zero-order valence-corrected chi connectivity index (χ0v) is 14.3. The van der Waals surface area contributed by atoms with Crippen LogP contribution in [0.1, 0.15) is 17.7 Å². The number of benzene rings is 1. The van der Waals surface area contributed by atoms with Gasteiger partial charge in [0, 0.05) is 23.3 Å². The van der Waals surface area contributed by atoms with Crippen molar-refractivity contribution in [2.75, 3.05) is 0 Å². The maximum Gasteiger partial charge on any atom is 0.261 e. The summed E-state index contributed by atoms with van der Waals surface area (Å²) in [5.74, 6) is 0.684. The lowest BCUT2D eigenvalue weighted by atomic mass is 10.0. The second-order valence-electron chi connectivity index (χ2n) is 5.83. The van der Waals surface area contributed by atoms with Crippen LogP contribution < -0.4 is 10.1 Å². The Balaban J connectivity index is 1.44. The van der Waals surface area contributed by atoms with Gasteiger partial charge in [-0.05, 0) is 35.9 Å². The largest absolute Gasteiger partial charge is 0.480 e. The first-order valence-corrected chi connectivity index (χ1v) is 9.10. The van der Waals surface area contributed by atoms with Gasteiger partial charge in [-0.1, -0.05) is 18.2 Å². The lowest BCUT2D eigenvalue weighted by Gasteiger charge is -2.25. The van der Waals surface area contributed by atoms with Crippen molar-refractivity contribution in [1.82, 2.24) is 15.3 Å². The van der Waals surface area contributed by atoms with E-state index < -0.39 is 6.10 Å². The van der Waals surface area contributed by atoms with E-state index in [-0.39, 0.29) is 5.91 Å². The molecule has 1 aliphatic heterocycles. The standard InChI is InChI=1S/C19H17N3O2S/c23-19(17-6-5-13-3-1-2-4-16(13)24-17)22-11-15-18(21-9-8-20-15)14-7-10-25-12-14/h1-4,7-10,12,17H,5-6,11H2,(H,22,23)/t17-/m1/s1. The van der Waals surface area contributed by atoms with Gasteiger partial charge in [0.05, 0.1) is 17.9 Å². The molecule has 4 rings (SSSR count). The number of hydrogen-bond acceptors (Lipinski definition) is 5. The number of hydrogen-bond donors (Lipinski definition) is 1. The first-order chi connectivity index (χ1) is 12.3. The number of ether oxygens (including phenoxy) is 1. The van der Waals surface area contributed by atoms with Crippen molar-refractivity contribution in [1.29, 1.82) is 0 Å². The van der Waals surface area contributed by atoms with Crippen LogP contribution in [0, 0.1) is 0 Å². The minimum absolute atomic E-state index is 0.114. The van der Waals surface area contributed by atoms with Crippen molar-refractivity contribution in [3.8, 4) is 17.0 Å². The second kappa shape index (κ2) is 7.03. The summed E-state index contributed by atoms with van der Waals surface area (Å²) in [6.45, 7) is 0.333. The minimum Gasteiger partial charge on any atom is -0.480 e. The maximum atomic E-state index is 12.5. The van der Waals surface area contributed by atoms with Gasteiger partial charge in [-0.15, -0.1) is 0 Å². The van der Waals surface area contributed by atoms with Gasteiger partial charge in [-0.25, -0.2) is 0 Å². The third-order valence-corrected chi connectivity index (χ3v) is 4.89. The molecule has 25 heavy (non-hydrogen) atoms. The summed E-state index contributed by atoms with van der Waals surface area (Å²) in [6, 6.07) is 9.86. The van der Waals surface area contributed by atoms with Gasteiger partial charge in [0.15, 0.2) is 6.10 Å². The van der Waals surface area contributed by atoms with Gasteiger partial charge in [-0.3, -0.25) is 14.8 Å². The summed E-state index contributed by atoms with van der Waals surface area (Å²) in [7, 11) is 0. The summed E-state index contributed by atoms with van der Waals surface area (Å²) in [6.07, 6.45) is 4.38. The van der Waals surface area contributed by atoms with Gasteiger partial charge in [0.25, 0.3) is 5.91 Å². The van der Waals surface area contributed by atoms with Crippen molar-refractivity contribution in [2.24, 2.45) is 0 Å². The Morgan fingerprint density at radius 2 is 2.12 bits per heavy atom. The fourth-order valence-corrected chi connectivity index (χ4v) is 3.57. The lowest BCUT2D eigenvalue weighted by Crippen LogP contribution is -2.40. The molecule has 1 N–H and O–H groups in total. The number of nitrogens with zero attached hydrogens (tertiary/aromatic N) is 2. The molecule has 0 radical (unpaired) electrons. The first kappa shape index (κ1) is 15.8. The molecular weight excluding hydrogens is 334 g/mol. The highest BCUT2D eigenvalue weighted by atomic mass is 32.1. The van der Waals surface area contributed by atoms with Crippen LogP contribution in [-0.4, -0.2) is 22.0 Å². The fraction of sp³-hybridized carbons (Fsp3) is 0.211. The summed E-state index contributed by atoms with van der Waals surface area (Å²) in [5, 5.41) is 6.96. The fourth-order valence-electron chi connectivity index (χ4n) is 2.93. The molecular formula is C19H17N3O2S. The van der Waals surface area contributed by atoms with Crippen molar-refractivity contribution < 1.29 is 9.53 Å². The van der Waals surface area contributed by atoms with Crippen LogP contribution in [0.4, 0.5) is 0 Å². The Morgan fingerprint density at radius 1 is 1.24 bits per heavy atom. The second-order valence-corrected chi connectivity index (χ2v) is 6.61. The number of para-hydroxylation sites is 1. The molecule has 1 aromatic carbocycles. The number of carbonyl (C=O) groups excluding carboxylic acids is 1. The lowest BCUT2D eigenvalue weighted by molar-refractivity contribution is -0.128. The highest BCUT2D eigenvalue weighted by molar-refractivity contribution is 7.08. The molecule has 0 fully saturated rings. The van der Waals surface area contributed by atoms with Crippen molar-refractivity contribution in [2.45, 2.75) is 25.5 Å². The average molecular weight is 351 g/mol. The monoisotopic (exact) mass is 351 g/mol. The summed E-state index contributed by atoms with van der Waals surface area (Å²) >= 11 is 1.61. The highest BCUT2D eigenvalue weighted by Gasteiger charge is 2.25. The van der Waals surface area contributed by atoms with Gasteiger partial charge in [0.1, 0.15) is 5.75 Å². The van der Waals surface area contributed by atoms with Crippen LogP contribution in [0.15, 0.2) is 53.5 Å². The summed E-state index contributed by atoms with van der Waals surface area (Å²) in [4.78, 5) is 21.3. The summed E-state index contributed by atoms with van der Waals surface area (Å²) < 4.78 is 5.84. The molecule has 126 valence electrons. The number of carbonyl (C=O) groups is 1. The quantitative estimate of drug-likeness (QED) is 0.784. The van der Waals surface area contributed by atoms with Crippen molar-refractivity contribution in [3.63, 3.8) is 0 Å². The molecule has 1 amide bonds. The molecule has 0 saturated heterocycles. The van der Waals surface area contributed by atoms with Crippen LogP contribution in [0.25, 0.3) is 11.3 Å². The van der Waals surface area contributed by atoms with Gasteiger partial charge < -0.3 is 10.1 Å². The molecule has 3 heterocycles. The van der Waals surface area contributed by atoms with E-state index in [0.29, 0.717) is 13.0 Å². The van der Waals surface area contributed by atoms with Crippen molar-refractivity contribution in [3.05, 3.63) is 64.7 Å². The molecule has 2 aromatic heterocycles. The molecule has 6 heteroatoms. The Hall–Kier alpha value is -2.73. The molecule has 0 aliphatic carbocycles. The number of fused-ring (bicyclic) bond motifs is 1. The molecule has 0 saturated carbocycles. The normalized spacial score (nSPS) is 15.9. The van der Waals surface area contributed by atoms with Crippen LogP contribution in [0.5, 0.6) is 5.75 Å². The van der Waals surface area contributed by atoms with Gasteiger partial charge in [0.2, 0.25) is 0 Å². The van der Waals surface area contributed by atoms with Crippen molar-refractivity contribution >= 4 is 17.2 Å². The van der Waals surface area contributed by atoms with E-state index >= 15 is 0 Å². The minimum atomic E-state index is -0.462. The number of aryl methyl sites for hydroxylation is 1. The third kappa shape index (κ3) is 3.39. The predicted octanol–water partition coefficient (Wildman–Crippen LogP) is 3.22. The van der Waals surface area contributed by atoms with E-state index in [4.69, 9.17) is 4.74 Å². The van der Waals surface area contributed by atoms with E-state index in [1.807, 2.05) is 41.1 Å². The summed E-state index contributed by atoms with van der Waals surface area (Å²) in [5.41, 5.74) is 3.73. The first-order valence-electron chi connectivity index (χ1n) is 8.16. The molecule has 3 aromatic rings. The zero-order valence-electron chi connectivity index (χ0n) is 13.5.